The third kappa shape index (κ3) is 3.78. The highest BCUT2D eigenvalue weighted by molar-refractivity contribution is 7.87. The van der Waals surface area contributed by atoms with E-state index >= 15 is 0 Å². The van der Waals surface area contributed by atoms with Crippen LogP contribution in [0.3, 0.4) is 0 Å². The quantitative estimate of drug-likeness (QED) is 0.486. The van der Waals surface area contributed by atoms with Gasteiger partial charge in [0.05, 0.1) is 5.75 Å². The molecule has 0 bridgehead atoms. The van der Waals surface area contributed by atoms with Crippen molar-refractivity contribution in [2.75, 3.05) is 5.75 Å². The Bertz CT molecular complexity index is 737. The van der Waals surface area contributed by atoms with Gasteiger partial charge in [0, 0.05) is 5.39 Å². The van der Waals surface area contributed by atoms with Gasteiger partial charge in [0.1, 0.15) is 0 Å². The smallest absolute Gasteiger partial charge is 0.309 e. The van der Waals surface area contributed by atoms with E-state index in [0.29, 0.717) is 17.2 Å². The summed E-state index contributed by atoms with van der Waals surface area (Å²) in [5.74, 6) is -0.465. The van der Waals surface area contributed by atoms with Crippen molar-refractivity contribution in [3.05, 3.63) is 30.3 Å². The van der Waals surface area contributed by atoms with Gasteiger partial charge in [-0.3, -0.25) is 0 Å². The van der Waals surface area contributed by atoms with E-state index < -0.39 is 10.1 Å². The number of fused-ring (bicyclic) bond motifs is 1. The van der Waals surface area contributed by atoms with Crippen LogP contribution in [0.1, 0.15) is 26.2 Å². The zero-order valence-electron chi connectivity index (χ0n) is 11.7. The Morgan fingerprint density at radius 1 is 1.10 bits per heavy atom. The molecule has 0 atom stereocenters. The fourth-order valence-corrected chi connectivity index (χ4v) is 3.11. The second-order valence-corrected chi connectivity index (χ2v) is 6.56. The zero-order valence-corrected chi connectivity index (χ0v) is 12.6. The molecule has 114 valence electrons. The zero-order chi connectivity index (χ0) is 15.5. The van der Waals surface area contributed by atoms with Crippen molar-refractivity contribution in [3.8, 4) is 17.2 Å². The second-order valence-electron chi connectivity index (χ2n) is 4.87. The van der Waals surface area contributed by atoms with E-state index in [1.165, 1.54) is 18.2 Å². The van der Waals surface area contributed by atoms with E-state index in [2.05, 4.69) is 0 Å². The van der Waals surface area contributed by atoms with Crippen molar-refractivity contribution in [1.29, 1.82) is 0 Å². The Morgan fingerprint density at radius 3 is 2.52 bits per heavy atom. The minimum Gasteiger partial charge on any atom is -0.504 e. The van der Waals surface area contributed by atoms with E-state index in [1.54, 1.807) is 12.1 Å². The molecule has 0 heterocycles. The highest BCUT2D eigenvalue weighted by Gasteiger charge is 2.15. The van der Waals surface area contributed by atoms with E-state index in [1.807, 2.05) is 6.92 Å². The van der Waals surface area contributed by atoms with Gasteiger partial charge in [-0.1, -0.05) is 31.9 Å². The first-order valence-electron chi connectivity index (χ1n) is 6.80. The van der Waals surface area contributed by atoms with Gasteiger partial charge in [0.2, 0.25) is 0 Å². The Kier molecular flexibility index (Phi) is 4.57. The molecule has 2 aromatic rings. The summed E-state index contributed by atoms with van der Waals surface area (Å²) in [6.45, 7) is 1.99. The van der Waals surface area contributed by atoms with Crippen LogP contribution in [-0.4, -0.2) is 24.4 Å². The lowest BCUT2D eigenvalue weighted by Crippen LogP contribution is -2.13. The van der Waals surface area contributed by atoms with Gasteiger partial charge >= 0.3 is 10.1 Å². The van der Waals surface area contributed by atoms with Gasteiger partial charge < -0.3 is 14.4 Å². The highest BCUT2D eigenvalue weighted by Crippen LogP contribution is 2.35. The lowest BCUT2D eigenvalue weighted by Gasteiger charge is -2.10. The third-order valence-electron chi connectivity index (χ3n) is 3.15. The van der Waals surface area contributed by atoms with Crippen molar-refractivity contribution in [3.63, 3.8) is 0 Å². The maximum Gasteiger partial charge on any atom is 0.309 e. The summed E-state index contributed by atoms with van der Waals surface area (Å²) in [6.07, 6.45) is 2.30. The Morgan fingerprint density at radius 2 is 1.81 bits per heavy atom. The van der Waals surface area contributed by atoms with Gasteiger partial charge in [0.15, 0.2) is 17.2 Å². The molecular formula is C15H18O5S. The lowest BCUT2D eigenvalue weighted by molar-refractivity contribution is 0.404. The van der Waals surface area contributed by atoms with Gasteiger partial charge in [-0.25, -0.2) is 0 Å². The Balaban J connectivity index is 2.32. The predicted octanol–water partition coefficient (Wildman–Crippen LogP) is 3.15. The first kappa shape index (κ1) is 15.4. The van der Waals surface area contributed by atoms with Crippen LogP contribution < -0.4 is 4.18 Å². The number of phenols is 2. The molecule has 0 unspecified atom stereocenters. The molecule has 0 saturated carbocycles. The van der Waals surface area contributed by atoms with Crippen LogP contribution >= 0.6 is 0 Å². The minimum absolute atomic E-state index is 0.0404. The van der Waals surface area contributed by atoms with E-state index in [-0.39, 0.29) is 23.0 Å². The Labute approximate surface area is 123 Å². The van der Waals surface area contributed by atoms with Crippen molar-refractivity contribution < 1.29 is 22.8 Å². The number of rotatable bonds is 6. The van der Waals surface area contributed by atoms with Crippen LogP contribution in [0.2, 0.25) is 0 Å². The Hall–Kier alpha value is -1.95. The number of hydrogen-bond acceptors (Lipinski definition) is 5. The number of aromatic hydroxyl groups is 2. The summed E-state index contributed by atoms with van der Waals surface area (Å²) in [7, 11) is -3.67. The van der Waals surface area contributed by atoms with Crippen molar-refractivity contribution >= 4 is 20.9 Å². The predicted molar refractivity (Wildman–Crippen MR) is 81.2 cm³/mol. The molecule has 0 saturated heterocycles. The third-order valence-corrected chi connectivity index (χ3v) is 4.37. The van der Waals surface area contributed by atoms with Crippen LogP contribution in [-0.2, 0) is 10.1 Å². The highest BCUT2D eigenvalue weighted by atomic mass is 32.2. The maximum absolute atomic E-state index is 11.9. The molecule has 2 rings (SSSR count). The van der Waals surface area contributed by atoms with Crippen molar-refractivity contribution in [2.45, 2.75) is 26.2 Å². The largest absolute Gasteiger partial charge is 0.504 e. The van der Waals surface area contributed by atoms with Crippen molar-refractivity contribution in [1.82, 2.24) is 0 Å². The molecule has 6 heteroatoms. The number of hydrogen-bond donors (Lipinski definition) is 2. The molecule has 0 amide bonds. The molecule has 0 aliphatic heterocycles. The SMILES string of the molecule is CCCCCS(=O)(=O)Oc1cccc2cc(O)c(O)cc12. The summed E-state index contributed by atoms with van der Waals surface area (Å²) < 4.78 is 29.0. The molecular weight excluding hydrogens is 292 g/mol. The van der Waals surface area contributed by atoms with Gasteiger partial charge in [-0.2, -0.15) is 8.42 Å². The topological polar surface area (TPSA) is 83.8 Å². The average Bonchev–Trinajstić information content (AvgIpc) is 2.41. The van der Waals surface area contributed by atoms with Crippen LogP contribution in [0.5, 0.6) is 17.2 Å². The molecule has 5 nitrogen and oxygen atoms in total. The van der Waals surface area contributed by atoms with E-state index in [0.717, 1.165) is 12.8 Å². The van der Waals surface area contributed by atoms with Gasteiger partial charge in [0.25, 0.3) is 0 Å². The van der Waals surface area contributed by atoms with E-state index in [4.69, 9.17) is 4.18 Å². The first-order chi connectivity index (χ1) is 9.93. The molecule has 0 aromatic heterocycles. The number of phenolic OH excluding ortho intramolecular Hbond substituents is 2. The summed E-state index contributed by atoms with van der Waals surface area (Å²) in [6, 6.07) is 7.51. The molecule has 21 heavy (non-hydrogen) atoms. The molecule has 0 fully saturated rings. The maximum atomic E-state index is 11.9. The minimum atomic E-state index is -3.67. The number of benzene rings is 2. The van der Waals surface area contributed by atoms with Crippen LogP contribution in [0.4, 0.5) is 0 Å². The normalized spacial score (nSPS) is 11.7. The van der Waals surface area contributed by atoms with Crippen LogP contribution in [0, 0.1) is 0 Å². The average molecular weight is 310 g/mol. The summed E-state index contributed by atoms with van der Waals surface area (Å²) in [4.78, 5) is 0. The number of unbranched alkanes of at least 4 members (excludes halogenated alkanes) is 2. The second kappa shape index (κ2) is 6.22. The molecule has 0 aliphatic rings. The van der Waals surface area contributed by atoms with Crippen LogP contribution in [0.25, 0.3) is 10.8 Å². The molecule has 0 spiro atoms. The first-order valence-corrected chi connectivity index (χ1v) is 8.37. The van der Waals surface area contributed by atoms with Crippen LogP contribution in [0.15, 0.2) is 30.3 Å². The molecule has 2 N–H and O–H groups in total. The fraction of sp³-hybridized carbons (Fsp3) is 0.333. The van der Waals surface area contributed by atoms with Gasteiger partial charge in [-0.05, 0) is 30.0 Å². The molecule has 0 aliphatic carbocycles. The summed E-state index contributed by atoms with van der Waals surface area (Å²) in [5, 5.41) is 20.1. The molecule has 2 aromatic carbocycles. The standard InChI is InChI=1S/C15H18O5S/c1-2-3-4-8-21(18,19)20-15-7-5-6-11-9-13(16)14(17)10-12(11)15/h5-7,9-10,16-17H,2-4,8H2,1H3. The van der Waals surface area contributed by atoms with Gasteiger partial charge in [-0.15, -0.1) is 0 Å². The summed E-state index contributed by atoms with van der Waals surface area (Å²) >= 11 is 0. The monoisotopic (exact) mass is 310 g/mol. The van der Waals surface area contributed by atoms with E-state index in [9.17, 15) is 18.6 Å². The lowest BCUT2D eigenvalue weighted by atomic mass is 10.1. The molecule has 0 radical (unpaired) electrons. The summed E-state index contributed by atoms with van der Waals surface area (Å²) in [5.41, 5.74) is 0. The fourth-order valence-electron chi connectivity index (χ4n) is 2.05. The van der Waals surface area contributed by atoms with Crippen molar-refractivity contribution in [2.24, 2.45) is 0 Å².